The van der Waals surface area contributed by atoms with Gasteiger partial charge in [-0.25, -0.2) is 4.68 Å². The molecule has 9 nitrogen and oxygen atoms in total. The first-order chi connectivity index (χ1) is 16.2. The number of hydrogen-bond donors (Lipinski definition) is 1. The van der Waals surface area contributed by atoms with Crippen molar-refractivity contribution >= 4 is 10.9 Å². The summed E-state index contributed by atoms with van der Waals surface area (Å²) in [5.74, 6) is 2.15. The largest absolute Gasteiger partial charge is 0.497 e. The van der Waals surface area contributed by atoms with Gasteiger partial charge in [-0.05, 0) is 77.6 Å². The quantitative estimate of drug-likeness (QED) is 0.466. The summed E-state index contributed by atoms with van der Waals surface area (Å²) in [5.41, 5.74) is 2.28. The lowest BCUT2D eigenvalue weighted by Crippen LogP contribution is -2.33. The zero-order valence-electron chi connectivity index (χ0n) is 18.7. The molecule has 0 amide bonds. The van der Waals surface area contributed by atoms with Gasteiger partial charge in [-0.1, -0.05) is 12.1 Å². The average molecular weight is 447 g/mol. The summed E-state index contributed by atoms with van der Waals surface area (Å²) in [7, 11) is 3.26. The number of nitrogens with zero attached hydrogens (tertiary/aromatic N) is 5. The molecule has 1 aliphatic heterocycles. The summed E-state index contributed by atoms with van der Waals surface area (Å²) >= 11 is 0. The van der Waals surface area contributed by atoms with Crippen molar-refractivity contribution in [2.75, 3.05) is 27.3 Å². The minimum Gasteiger partial charge on any atom is -0.497 e. The van der Waals surface area contributed by atoms with Gasteiger partial charge in [0.15, 0.2) is 5.82 Å². The number of aromatic amines is 1. The normalized spacial score (nSPS) is 15.1. The molecule has 0 spiro atoms. The minimum absolute atomic E-state index is 0.147. The Morgan fingerprint density at radius 3 is 2.45 bits per heavy atom. The van der Waals surface area contributed by atoms with Crippen LogP contribution in [0, 0.1) is 0 Å². The summed E-state index contributed by atoms with van der Waals surface area (Å²) in [5, 5.41) is 13.5. The zero-order chi connectivity index (χ0) is 22.8. The summed E-state index contributed by atoms with van der Waals surface area (Å²) in [4.78, 5) is 18.6. The molecule has 0 bridgehead atoms. The number of likely N-dealkylation sites (tertiary alicyclic amines) is 1. The van der Waals surface area contributed by atoms with Gasteiger partial charge in [0.2, 0.25) is 0 Å². The van der Waals surface area contributed by atoms with Crippen LogP contribution in [-0.4, -0.2) is 57.4 Å². The zero-order valence-corrected chi connectivity index (χ0v) is 18.7. The fraction of sp³-hybridized carbons (Fsp3) is 0.333. The van der Waals surface area contributed by atoms with Crippen LogP contribution in [0.4, 0.5) is 0 Å². The lowest BCUT2D eigenvalue weighted by atomic mass is 10.0. The van der Waals surface area contributed by atoms with Crippen LogP contribution in [0.5, 0.6) is 11.5 Å². The van der Waals surface area contributed by atoms with Gasteiger partial charge >= 0.3 is 0 Å². The predicted molar refractivity (Wildman–Crippen MR) is 124 cm³/mol. The van der Waals surface area contributed by atoms with Gasteiger partial charge in [-0.2, -0.15) is 0 Å². The van der Waals surface area contributed by atoms with Crippen LogP contribution in [-0.2, 0) is 6.54 Å². The van der Waals surface area contributed by atoms with Gasteiger partial charge in [-0.15, -0.1) is 5.10 Å². The third-order valence-electron chi connectivity index (χ3n) is 6.18. The second kappa shape index (κ2) is 9.03. The maximum atomic E-state index is 13.3. The lowest BCUT2D eigenvalue weighted by Gasteiger charge is -2.26. The molecular weight excluding hydrogens is 420 g/mol. The highest BCUT2D eigenvalue weighted by molar-refractivity contribution is 5.80. The minimum atomic E-state index is -0.337. The van der Waals surface area contributed by atoms with E-state index in [0.29, 0.717) is 23.7 Å². The van der Waals surface area contributed by atoms with Gasteiger partial charge in [0.1, 0.15) is 17.5 Å². The molecule has 4 aromatic rings. The molecule has 0 radical (unpaired) electrons. The number of ether oxygens (including phenoxy) is 2. The van der Waals surface area contributed by atoms with Crippen molar-refractivity contribution in [1.29, 1.82) is 0 Å². The number of benzene rings is 2. The van der Waals surface area contributed by atoms with Gasteiger partial charge < -0.3 is 14.5 Å². The van der Waals surface area contributed by atoms with Crippen molar-refractivity contribution in [3.63, 3.8) is 0 Å². The molecule has 1 fully saturated rings. The highest BCUT2D eigenvalue weighted by atomic mass is 16.5. The molecule has 2 aromatic carbocycles. The van der Waals surface area contributed by atoms with Crippen LogP contribution in [0.25, 0.3) is 10.9 Å². The summed E-state index contributed by atoms with van der Waals surface area (Å²) in [6, 6.07) is 15.1. The second-order valence-electron chi connectivity index (χ2n) is 8.20. The number of tetrazole rings is 1. The van der Waals surface area contributed by atoms with E-state index in [1.807, 2.05) is 48.5 Å². The van der Waals surface area contributed by atoms with Gasteiger partial charge in [0.05, 0.1) is 26.3 Å². The van der Waals surface area contributed by atoms with Gasteiger partial charge in [-0.3, -0.25) is 9.69 Å². The molecule has 3 heterocycles. The van der Waals surface area contributed by atoms with Crippen LogP contribution in [0.3, 0.4) is 0 Å². The molecule has 170 valence electrons. The Kier molecular flexibility index (Phi) is 5.78. The molecule has 0 saturated carbocycles. The number of rotatable bonds is 7. The van der Waals surface area contributed by atoms with E-state index >= 15 is 0 Å². The Morgan fingerprint density at radius 1 is 1.00 bits per heavy atom. The van der Waals surface area contributed by atoms with Crippen LogP contribution in [0.1, 0.15) is 35.8 Å². The number of H-pyrrole nitrogens is 1. The molecule has 33 heavy (non-hydrogen) atoms. The number of aromatic nitrogens is 5. The highest BCUT2D eigenvalue weighted by Crippen LogP contribution is 2.30. The van der Waals surface area contributed by atoms with Crippen molar-refractivity contribution in [2.45, 2.75) is 25.4 Å². The van der Waals surface area contributed by atoms with Crippen molar-refractivity contribution in [3.8, 4) is 11.5 Å². The summed E-state index contributed by atoms with van der Waals surface area (Å²) in [6.07, 6.45) is 2.17. The van der Waals surface area contributed by atoms with E-state index in [0.717, 1.165) is 48.1 Å². The van der Waals surface area contributed by atoms with Crippen LogP contribution < -0.4 is 15.0 Å². The first kappa shape index (κ1) is 21.1. The first-order valence-electron chi connectivity index (χ1n) is 11.0. The number of nitrogens with one attached hydrogen (secondary N) is 1. The van der Waals surface area contributed by atoms with E-state index in [4.69, 9.17) is 9.47 Å². The Labute approximate surface area is 190 Å². The van der Waals surface area contributed by atoms with Crippen molar-refractivity contribution in [3.05, 3.63) is 75.8 Å². The monoisotopic (exact) mass is 446 g/mol. The number of methoxy groups -OCH3 is 2. The topological polar surface area (TPSA) is 98.2 Å². The molecule has 9 heteroatoms. The maximum absolute atomic E-state index is 13.3. The van der Waals surface area contributed by atoms with E-state index in [-0.39, 0.29) is 11.6 Å². The molecule has 0 aliphatic carbocycles. The number of hydrogen-bond acceptors (Lipinski definition) is 7. The van der Waals surface area contributed by atoms with Crippen LogP contribution in [0.2, 0.25) is 0 Å². The van der Waals surface area contributed by atoms with E-state index in [2.05, 4.69) is 25.4 Å². The fourth-order valence-electron chi connectivity index (χ4n) is 4.45. The summed E-state index contributed by atoms with van der Waals surface area (Å²) in [6.45, 7) is 2.28. The standard InChI is InChI=1S/C24H26N6O3/c1-32-18-8-5-16(6-9-18)15-30-23(26-27-28-30)22(29-11-3-4-12-29)20-13-17-7-10-19(33-2)14-21(17)25-24(20)31/h5-10,13-14,22H,3-4,11-12,15H2,1-2H3,(H,25,31)/t22-/m0/s1. The molecule has 5 rings (SSSR count). The Morgan fingerprint density at radius 2 is 1.73 bits per heavy atom. The SMILES string of the molecule is COc1ccc(Cn2nnnc2[C@H](c2cc3ccc(OC)cc3[nH]c2=O)N2CCCC2)cc1. The summed E-state index contributed by atoms with van der Waals surface area (Å²) < 4.78 is 12.3. The lowest BCUT2D eigenvalue weighted by molar-refractivity contribution is 0.263. The molecule has 2 aromatic heterocycles. The smallest absolute Gasteiger partial charge is 0.253 e. The first-order valence-corrected chi connectivity index (χ1v) is 11.0. The van der Waals surface area contributed by atoms with Crippen LogP contribution >= 0.6 is 0 Å². The molecule has 1 N–H and O–H groups in total. The number of fused-ring (bicyclic) bond motifs is 1. The predicted octanol–water partition coefficient (Wildman–Crippen LogP) is 2.77. The third-order valence-corrected chi connectivity index (χ3v) is 6.18. The molecule has 1 aliphatic rings. The average Bonchev–Trinajstić information content (AvgIpc) is 3.53. The Balaban J connectivity index is 1.57. The van der Waals surface area contributed by atoms with E-state index < -0.39 is 0 Å². The fourth-order valence-corrected chi connectivity index (χ4v) is 4.45. The number of pyridine rings is 1. The van der Waals surface area contributed by atoms with Crippen molar-refractivity contribution < 1.29 is 9.47 Å². The van der Waals surface area contributed by atoms with Crippen molar-refractivity contribution in [2.24, 2.45) is 0 Å². The second-order valence-corrected chi connectivity index (χ2v) is 8.20. The molecule has 0 unspecified atom stereocenters. The van der Waals surface area contributed by atoms with E-state index in [1.165, 1.54) is 0 Å². The molecular formula is C24H26N6O3. The van der Waals surface area contributed by atoms with Crippen molar-refractivity contribution in [1.82, 2.24) is 30.1 Å². The van der Waals surface area contributed by atoms with E-state index in [1.54, 1.807) is 18.9 Å². The van der Waals surface area contributed by atoms with Gasteiger partial charge in [0.25, 0.3) is 5.56 Å². The maximum Gasteiger partial charge on any atom is 0.253 e. The molecule has 1 atom stereocenters. The van der Waals surface area contributed by atoms with Gasteiger partial charge in [0, 0.05) is 11.6 Å². The highest BCUT2D eigenvalue weighted by Gasteiger charge is 2.32. The molecule has 1 saturated heterocycles. The Hall–Kier alpha value is -3.72. The van der Waals surface area contributed by atoms with E-state index in [9.17, 15) is 4.79 Å². The van der Waals surface area contributed by atoms with Crippen LogP contribution in [0.15, 0.2) is 53.3 Å². The Bertz CT molecular complexity index is 1310. The third kappa shape index (κ3) is 4.19.